The van der Waals surface area contributed by atoms with Crippen LogP contribution in [0, 0.1) is 11.8 Å². The fourth-order valence-electron chi connectivity index (χ4n) is 9.15. The lowest BCUT2D eigenvalue weighted by atomic mass is 9.99. The van der Waals surface area contributed by atoms with E-state index in [1.165, 1.54) is 109 Å². The summed E-state index contributed by atoms with van der Waals surface area (Å²) in [6, 6.07) is 0. The van der Waals surface area contributed by atoms with Crippen LogP contribution in [0.1, 0.15) is 305 Å². The molecule has 81 heavy (non-hydrogen) atoms. The molecule has 3 unspecified atom stereocenters. The molecule has 0 aliphatic heterocycles. The molecule has 0 aromatic rings. The first-order chi connectivity index (χ1) is 38.9. The van der Waals surface area contributed by atoms with Crippen molar-refractivity contribution in [2.45, 2.75) is 323 Å². The van der Waals surface area contributed by atoms with Crippen LogP contribution in [0.15, 0.2) is 0 Å². The van der Waals surface area contributed by atoms with Crippen molar-refractivity contribution in [1.82, 2.24) is 0 Å². The number of carbonyl (C=O) groups excluding carboxylic acids is 4. The SMILES string of the molecule is CCCCCCCCCCC(=O)O[C@H](COC(=O)CCCCCCC)COP(=O)(O)OC[C@H](O)COP(=O)(O)OC[C@@H](COC(=O)CCCCCCCCCCC(C)CC)OC(=O)CCCCCCCCCCCCCCCC(C)C. The van der Waals surface area contributed by atoms with Gasteiger partial charge in [0.15, 0.2) is 12.2 Å². The summed E-state index contributed by atoms with van der Waals surface area (Å²) in [5.74, 6) is -0.586. The molecule has 0 rings (SSSR count). The average molecular weight is 1200 g/mol. The summed E-state index contributed by atoms with van der Waals surface area (Å²) in [6.45, 7) is 9.38. The van der Waals surface area contributed by atoms with E-state index >= 15 is 0 Å². The number of hydrogen-bond acceptors (Lipinski definition) is 15. The zero-order valence-corrected chi connectivity index (χ0v) is 53.9. The van der Waals surface area contributed by atoms with E-state index in [0.717, 1.165) is 115 Å². The molecule has 17 nitrogen and oxygen atoms in total. The van der Waals surface area contributed by atoms with Crippen LogP contribution < -0.4 is 0 Å². The molecule has 0 aromatic carbocycles. The number of esters is 4. The van der Waals surface area contributed by atoms with Crippen LogP contribution in [0.5, 0.6) is 0 Å². The zero-order valence-electron chi connectivity index (χ0n) is 52.1. The summed E-state index contributed by atoms with van der Waals surface area (Å²) in [5.41, 5.74) is 0. The van der Waals surface area contributed by atoms with Gasteiger partial charge in [-0.25, -0.2) is 9.13 Å². The van der Waals surface area contributed by atoms with E-state index in [-0.39, 0.29) is 25.7 Å². The highest BCUT2D eigenvalue weighted by molar-refractivity contribution is 7.47. The first-order valence-electron chi connectivity index (χ1n) is 32.5. The standard InChI is InChI=1S/C62H120O17P2/c1-7-10-12-14-15-27-34-40-46-61(66)78-57(50-72-59(64)44-38-30-13-11-8-2)52-76-80(68,69)74-48-56(63)49-75-81(70,71)77-53-58(51-73-60(65)45-39-33-28-24-23-26-32-37-43-55(6)9-3)79-62(67)47-41-35-29-22-20-18-16-17-19-21-25-31-36-42-54(4)5/h54-58,63H,7-53H2,1-6H3,(H,68,69)(H,70,71)/t55?,56-,57+,58+/m0/s1. The first kappa shape index (κ1) is 79.1. The second-order valence-electron chi connectivity index (χ2n) is 23.2. The number of aliphatic hydroxyl groups is 1. The van der Waals surface area contributed by atoms with Crippen molar-refractivity contribution in [3.63, 3.8) is 0 Å². The molecule has 0 fully saturated rings. The van der Waals surface area contributed by atoms with Gasteiger partial charge in [0.25, 0.3) is 0 Å². The number of phosphoric acid groups is 2. The van der Waals surface area contributed by atoms with Crippen LogP contribution in [-0.2, 0) is 65.4 Å². The molecular weight excluding hydrogens is 1080 g/mol. The molecule has 0 amide bonds. The van der Waals surface area contributed by atoms with Gasteiger partial charge in [0.1, 0.15) is 19.3 Å². The minimum Gasteiger partial charge on any atom is -0.462 e. The third-order valence-electron chi connectivity index (χ3n) is 14.6. The van der Waals surface area contributed by atoms with Crippen LogP contribution in [0.3, 0.4) is 0 Å². The smallest absolute Gasteiger partial charge is 0.462 e. The van der Waals surface area contributed by atoms with Crippen molar-refractivity contribution in [3.05, 3.63) is 0 Å². The van der Waals surface area contributed by atoms with Crippen molar-refractivity contribution in [2.24, 2.45) is 11.8 Å². The van der Waals surface area contributed by atoms with Gasteiger partial charge in [-0.2, -0.15) is 0 Å². The highest BCUT2D eigenvalue weighted by Gasteiger charge is 2.30. The van der Waals surface area contributed by atoms with E-state index in [2.05, 4.69) is 41.5 Å². The number of aliphatic hydroxyl groups excluding tert-OH is 1. The van der Waals surface area contributed by atoms with Crippen LogP contribution in [0.2, 0.25) is 0 Å². The number of hydrogen-bond donors (Lipinski definition) is 3. The van der Waals surface area contributed by atoms with E-state index in [9.17, 15) is 43.2 Å². The Labute approximate surface area is 492 Å². The monoisotopic (exact) mass is 1200 g/mol. The predicted octanol–water partition coefficient (Wildman–Crippen LogP) is 16.9. The van der Waals surface area contributed by atoms with Gasteiger partial charge in [-0.1, -0.05) is 253 Å². The highest BCUT2D eigenvalue weighted by atomic mass is 31.2. The molecule has 6 atom stereocenters. The Morgan fingerprint density at radius 1 is 0.358 bits per heavy atom. The molecule has 0 saturated heterocycles. The molecule has 0 heterocycles. The molecule has 0 bridgehead atoms. The quantitative estimate of drug-likeness (QED) is 0.0222. The van der Waals surface area contributed by atoms with Gasteiger partial charge >= 0.3 is 39.5 Å². The maximum Gasteiger partial charge on any atom is 0.472 e. The molecule has 3 N–H and O–H groups in total. The fourth-order valence-corrected chi connectivity index (χ4v) is 10.7. The van der Waals surface area contributed by atoms with Crippen molar-refractivity contribution >= 4 is 39.5 Å². The van der Waals surface area contributed by atoms with Gasteiger partial charge in [-0.05, 0) is 37.5 Å². The number of rotatable bonds is 61. The Kier molecular flexibility index (Phi) is 53.4. The van der Waals surface area contributed by atoms with Crippen molar-refractivity contribution in [1.29, 1.82) is 0 Å². The number of phosphoric ester groups is 2. The van der Waals surface area contributed by atoms with E-state index in [0.29, 0.717) is 25.7 Å². The van der Waals surface area contributed by atoms with E-state index < -0.39 is 97.5 Å². The topological polar surface area (TPSA) is 237 Å². The fraction of sp³-hybridized carbons (Fsp3) is 0.935. The Morgan fingerprint density at radius 2 is 0.630 bits per heavy atom. The third kappa shape index (κ3) is 55.7. The Balaban J connectivity index is 5.17. The Morgan fingerprint density at radius 3 is 0.938 bits per heavy atom. The van der Waals surface area contributed by atoms with Gasteiger partial charge in [0.2, 0.25) is 0 Å². The van der Waals surface area contributed by atoms with Crippen molar-refractivity contribution in [3.8, 4) is 0 Å². The predicted molar refractivity (Wildman–Crippen MR) is 321 cm³/mol. The summed E-state index contributed by atoms with van der Waals surface area (Å²) >= 11 is 0. The van der Waals surface area contributed by atoms with Crippen LogP contribution in [-0.4, -0.2) is 96.7 Å². The van der Waals surface area contributed by atoms with Crippen molar-refractivity contribution in [2.75, 3.05) is 39.6 Å². The van der Waals surface area contributed by atoms with E-state index in [1.54, 1.807) is 0 Å². The summed E-state index contributed by atoms with van der Waals surface area (Å²) in [7, 11) is -9.87. The minimum atomic E-state index is -4.94. The Bertz CT molecular complexity index is 1600. The van der Waals surface area contributed by atoms with Crippen LogP contribution in [0.25, 0.3) is 0 Å². The lowest BCUT2D eigenvalue weighted by Crippen LogP contribution is -2.30. The molecule has 0 saturated carbocycles. The Hall–Kier alpha value is -1.94. The maximum atomic E-state index is 13.0. The normalized spacial score (nSPS) is 14.7. The molecule has 19 heteroatoms. The van der Waals surface area contributed by atoms with Crippen molar-refractivity contribution < 1.29 is 80.2 Å². The second kappa shape index (κ2) is 54.7. The summed E-state index contributed by atoms with van der Waals surface area (Å²) in [5, 5.41) is 10.5. The highest BCUT2D eigenvalue weighted by Crippen LogP contribution is 2.45. The number of unbranched alkanes of at least 4 members (excludes halogenated alkanes) is 30. The lowest BCUT2D eigenvalue weighted by molar-refractivity contribution is -0.161. The number of ether oxygens (including phenoxy) is 4. The molecular formula is C62H120O17P2. The molecule has 0 radical (unpaired) electrons. The second-order valence-corrected chi connectivity index (χ2v) is 26.1. The minimum absolute atomic E-state index is 0.104. The molecule has 0 spiro atoms. The molecule has 0 aromatic heterocycles. The summed E-state index contributed by atoms with van der Waals surface area (Å²) < 4.78 is 67.7. The van der Waals surface area contributed by atoms with Gasteiger partial charge < -0.3 is 33.8 Å². The molecule has 0 aliphatic carbocycles. The van der Waals surface area contributed by atoms with Gasteiger partial charge in [0.05, 0.1) is 26.4 Å². The molecule has 480 valence electrons. The van der Waals surface area contributed by atoms with E-state index in [4.69, 9.17) is 37.0 Å². The van der Waals surface area contributed by atoms with Gasteiger partial charge in [-0.3, -0.25) is 37.3 Å². The average Bonchev–Trinajstić information content (AvgIpc) is 3.43. The lowest BCUT2D eigenvalue weighted by Gasteiger charge is -2.21. The van der Waals surface area contributed by atoms with Crippen LogP contribution >= 0.6 is 15.6 Å². The number of carbonyl (C=O) groups is 4. The van der Waals surface area contributed by atoms with Gasteiger partial charge in [0, 0.05) is 25.7 Å². The van der Waals surface area contributed by atoms with Gasteiger partial charge in [-0.15, -0.1) is 0 Å². The first-order valence-corrected chi connectivity index (χ1v) is 35.5. The summed E-state index contributed by atoms with van der Waals surface area (Å²) in [6.07, 6.45) is 36.6. The zero-order chi connectivity index (χ0) is 60.1. The van der Waals surface area contributed by atoms with Crippen LogP contribution in [0.4, 0.5) is 0 Å². The molecule has 0 aliphatic rings. The maximum absolute atomic E-state index is 13.0. The third-order valence-corrected chi connectivity index (χ3v) is 16.5. The largest absolute Gasteiger partial charge is 0.472 e. The summed E-state index contributed by atoms with van der Waals surface area (Å²) in [4.78, 5) is 71.8. The van der Waals surface area contributed by atoms with E-state index in [1.807, 2.05) is 0 Å².